The van der Waals surface area contributed by atoms with E-state index >= 15 is 0 Å². The molecule has 0 N–H and O–H groups in total. The van der Waals surface area contributed by atoms with E-state index in [0.717, 1.165) is 0 Å². The molecule has 5 heteroatoms. The van der Waals surface area contributed by atoms with E-state index in [-0.39, 0.29) is 11.6 Å². The van der Waals surface area contributed by atoms with Crippen molar-refractivity contribution in [2.75, 3.05) is 6.54 Å². The fourth-order valence-corrected chi connectivity index (χ4v) is 1.89. The van der Waals surface area contributed by atoms with Crippen molar-refractivity contribution in [1.29, 1.82) is 0 Å². The molecule has 0 spiro atoms. The molecule has 1 amide bonds. The summed E-state index contributed by atoms with van der Waals surface area (Å²) >= 11 is 0. The fraction of sp³-hybridized carbons (Fsp3) is 0.364. The van der Waals surface area contributed by atoms with E-state index in [1.54, 1.807) is 18.2 Å². The Balaban J connectivity index is 2.19. The molecule has 2 heterocycles. The highest BCUT2D eigenvalue weighted by molar-refractivity contribution is 5.95. The first-order valence-electron chi connectivity index (χ1n) is 5.13. The number of amides is 1. The lowest BCUT2D eigenvalue weighted by Crippen LogP contribution is -2.47. The molecular formula is C11H11N2O3-. The van der Waals surface area contributed by atoms with Gasteiger partial charge in [0.2, 0.25) is 0 Å². The van der Waals surface area contributed by atoms with E-state index < -0.39 is 12.0 Å². The van der Waals surface area contributed by atoms with Crippen LogP contribution in [0.3, 0.4) is 0 Å². The highest BCUT2D eigenvalue weighted by atomic mass is 16.4. The van der Waals surface area contributed by atoms with Crippen LogP contribution in [-0.4, -0.2) is 34.3 Å². The van der Waals surface area contributed by atoms with Gasteiger partial charge in [-0.05, 0) is 25.0 Å². The zero-order chi connectivity index (χ0) is 11.5. The third kappa shape index (κ3) is 1.88. The minimum Gasteiger partial charge on any atom is -0.548 e. The average Bonchev–Trinajstić information content (AvgIpc) is 2.78. The molecule has 0 bridgehead atoms. The normalized spacial score (nSPS) is 19.8. The second-order valence-corrected chi connectivity index (χ2v) is 3.69. The van der Waals surface area contributed by atoms with Gasteiger partial charge in [0, 0.05) is 12.7 Å². The molecule has 2 rings (SSSR count). The monoisotopic (exact) mass is 219 g/mol. The Morgan fingerprint density at radius 1 is 1.44 bits per heavy atom. The van der Waals surface area contributed by atoms with E-state index in [1.807, 2.05) is 0 Å². The van der Waals surface area contributed by atoms with E-state index in [0.29, 0.717) is 19.4 Å². The maximum absolute atomic E-state index is 11.9. The van der Waals surface area contributed by atoms with Crippen LogP contribution in [0.2, 0.25) is 0 Å². The zero-order valence-electron chi connectivity index (χ0n) is 8.63. The highest BCUT2D eigenvalue weighted by Crippen LogP contribution is 2.18. The Morgan fingerprint density at radius 2 is 2.25 bits per heavy atom. The van der Waals surface area contributed by atoms with Crippen molar-refractivity contribution >= 4 is 11.9 Å². The molecule has 1 fully saturated rings. The molecule has 0 unspecified atom stereocenters. The van der Waals surface area contributed by atoms with E-state index in [9.17, 15) is 14.7 Å². The number of aromatic nitrogens is 1. The van der Waals surface area contributed by atoms with Crippen molar-refractivity contribution < 1.29 is 14.7 Å². The molecule has 1 aliphatic heterocycles. The fourth-order valence-electron chi connectivity index (χ4n) is 1.89. The molecular weight excluding hydrogens is 208 g/mol. The summed E-state index contributed by atoms with van der Waals surface area (Å²) in [6.45, 7) is 0.452. The molecule has 0 radical (unpaired) electrons. The second kappa shape index (κ2) is 4.30. The van der Waals surface area contributed by atoms with Gasteiger partial charge in [-0.3, -0.25) is 9.78 Å². The summed E-state index contributed by atoms with van der Waals surface area (Å²) in [4.78, 5) is 28.0. The molecule has 1 saturated heterocycles. The van der Waals surface area contributed by atoms with Crippen LogP contribution in [0.1, 0.15) is 23.3 Å². The minimum atomic E-state index is -1.19. The molecule has 16 heavy (non-hydrogen) atoms. The van der Waals surface area contributed by atoms with Crippen LogP contribution in [0.5, 0.6) is 0 Å². The summed E-state index contributed by atoms with van der Waals surface area (Å²) in [5.74, 6) is -1.53. The first kappa shape index (κ1) is 10.6. The van der Waals surface area contributed by atoms with Gasteiger partial charge < -0.3 is 14.8 Å². The smallest absolute Gasteiger partial charge is 0.272 e. The van der Waals surface area contributed by atoms with Gasteiger partial charge in [0.05, 0.1) is 12.0 Å². The van der Waals surface area contributed by atoms with Gasteiger partial charge in [0.1, 0.15) is 5.69 Å². The Bertz CT molecular complexity index is 405. The molecule has 5 nitrogen and oxygen atoms in total. The molecule has 0 aromatic carbocycles. The predicted molar refractivity (Wildman–Crippen MR) is 53.3 cm³/mol. The summed E-state index contributed by atoms with van der Waals surface area (Å²) in [6.07, 6.45) is 2.66. The second-order valence-electron chi connectivity index (χ2n) is 3.69. The summed E-state index contributed by atoms with van der Waals surface area (Å²) in [6, 6.07) is 4.17. The van der Waals surface area contributed by atoms with Crippen LogP contribution >= 0.6 is 0 Å². The number of likely N-dealkylation sites (tertiary alicyclic amines) is 1. The van der Waals surface area contributed by atoms with Crippen molar-refractivity contribution in [2.45, 2.75) is 18.9 Å². The standard InChI is InChI=1S/C11H12N2O3/c14-10(8-4-1-2-6-12-8)13-7-3-5-9(13)11(15)16/h1-2,4,6,9H,3,5,7H2,(H,15,16)/p-1/t9-/m1/s1. The Labute approximate surface area is 92.7 Å². The third-order valence-electron chi connectivity index (χ3n) is 2.67. The molecule has 1 aromatic heterocycles. The van der Waals surface area contributed by atoms with Gasteiger partial charge in [0.25, 0.3) is 5.91 Å². The average molecular weight is 219 g/mol. The van der Waals surface area contributed by atoms with Gasteiger partial charge >= 0.3 is 0 Å². The summed E-state index contributed by atoms with van der Waals surface area (Å²) in [5.41, 5.74) is 0.274. The van der Waals surface area contributed by atoms with E-state index in [1.165, 1.54) is 11.1 Å². The summed E-state index contributed by atoms with van der Waals surface area (Å²) < 4.78 is 0. The molecule has 1 aliphatic rings. The van der Waals surface area contributed by atoms with Crippen LogP contribution in [-0.2, 0) is 4.79 Å². The van der Waals surface area contributed by atoms with Crippen molar-refractivity contribution in [3.63, 3.8) is 0 Å². The van der Waals surface area contributed by atoms with Crippen LogP contribution < -0.4 is 5.11 Å². The number of rotatable bonds is 2. The molecule has 1 atom stereocenters. The van der Waals surface area contributed by atoms with Crippen LogP contribution in [0.25, 0.3) is 0 Å². The van der Waals surface area contributed by atoms with Gasteiger partial charge in [0.15, 0.2) is 0 Å². The molecule has 84 valence electrons. The SMILES string of the molecule is O=C([O-])[C@H]1CCCN1C(=O)c1ccccn1. The predicted octanol–water partition coefficient (Wildman–Crippen LogP) is -0.564. The number of carboxylic acids is 1. The van der Waals surface area contributed by atoms with Gasteiger partial charge in [-0.15, -0.1) is 0 Å². The first-order valence-corrected chi connectivity index (χ1v) is 5.13. The largest absolute Gasteiger partial charge is 0.548 e. The lowest BCUT2D eigenvalue weighted by molar-refractivity contribution is -0.310. The van der Waals surface area contributed by atoms with Gasteiger partial charge in [-0.25, -0.2) is 0 Å². The number of aliphatic carboxylic acids is 1. The number of pyridine rings is 1. The van der Waals surface area contributed by atoms with Crippen molar-refractivity contribution in [3.05, 3.63) is 30.1 Å². The van der Waals surface area contributed by atoms with Crippen LogP contribution in [0.4, 0.5) is 0 Å². The van der Waals surface area contributed by atoms with Gasteiger partial charge in [-0.2, -0.15) is 0 Å². The van der Waals surface area contributed by atoms with E-state index in [4.69, 9.17) is 0 Å². The molecule has 1 aromatic rings. The molecule has 0 saturated carbocycles. The summed E-state index contributed by atoms with van der Waals surface area (Å²) in [5, 5.41) is 10.8. The topological polar surface area (TPSA) is 73.3 Å². The number of carboxylic acid groups (broad SMARTS) is 1. The van der Waals surface area contributed by atoms with E-state index in [2.05, 4.69) is 4.98 Å². The first-order chi connectivity index (χ1) is 7.70. The number of hydrogen-bond donors (Lipinski definition) is 0. The number of carbonyl (C=O) groups is 2. The molecule has 0 aliphatic carbocycles. The van der Waals surface area contributed by atoms with Gasteiger partial charge in [-0.1, -0.05) is 6.07 Å². The Kier molecular flexibility index (Phi) is 2.85. The zero-order valence-corrected chi connectivity index (χ0v) is 8.63. The highest BCUT2D eigenvalue weighted by Gasteiger charge is 2.30. The van der Waals surface area contributed by atoms with Crippen LogP contribution in [0.15, 0.2) is 24.4 Å². The van der Waals surface area contributed by atoms with Crippen LogP contribution in [0, 0.1) is 0 Å². The van der Waals surface area contributed by atoms with Crippen molar-refractivity contribution in [2.24, 2.45) is 0 Å². The minimum absolute atomic E-state index is 0.274. The lowest BCUT2D eigenvalue weighted by Gasteiger charge is -2.24. The Hall–Kier alpha value is -1.91. The third-order valence-corrected chi connectivity index (χ3v) is 2.67. The Morgan fingerprint density at radius 3 is 2.88 bits per heavy atom. The maximum Gasteiger partial charge on any atom is 0.272 e. The number of nitrogens with zero attached hydrogens (tertiary/aromatic N) is 2. The van der Waals surface area contributed by atoms with Crippen molar-refractivity contribution in [1.82, 2.24) is 9.88 Å². The number of carbonyl (C=O) groups excluding carboxylic acids is 2. The quantitative estimate of drug-likeness (QED) is 0.668. The number of hydrogen-bond acceptors (Lipinski definition) is 4. The maximum atomic E-state index is 11.9. The van der Waals surface area contributed by atoms with Crippen molar-refractivity contribution in [3.8, 4) is 0 Å². The lowest BCUT2D eigenvalue weighted by atomic mass is 10.2. The summed E-state index contributed by atoms with van der Waals surface area (Å²) in [7, 11) is 0.